The van der Waals surface area contributed by atoms with E-state index in [0.29, 0.717) is 5.92 Å². The number of allylic oxidation sites excluding steroid dienone is 4. The van der Waals surface area contributed by atoms with Crippen molar-refractivity contribution in [3.05, 3.63) is 188 Å². The van der Waals surface area contributed by atoms with E-state index in [4.69, 9.17) is 4.42 Å². The van der Waals surface area contributed by atoms with Gasteiger partial charge in [0.2, 0.25) is 0 Å². The minimum atomic E-state index is 0.415. The van der Waals surface area contributed by atoms with E-state index in [2.05, 4.69) is 175 Å². The highest BCUT2D eigenvalue weighted by Gasteiger charge is 2.16. The molecule has 0 radical (unpaired) electrons. The molecule has 0 saturated carbocycles. The number of benzene rings is 7. The lowest BCUT2D eigenvalue weighted by atomic mass is 9.92. The molecule has 9 aromatic rings. The van der Waals surface area contributed by atoms with E-state index < -0.39 is 0 Å². The van der Waals surface area contributed by atoms with Crippen molar-refractivity contribution in [3.8, 4) is 22.3 Å². The Balaban J connectivity index is 1.02. The third-order valence-electron chi connectivity index (χ3n) is 10.2. The summed E-state index contributed by atoms with van der Waals surface area (Å²) in [5, 5.41) is 4.94. The molecule has 0 fully saturated rings. The second-order valence-corrected chi connectivity index (χ2v) is 14.4. The van der Waals surface area contributed by atoms with E-state index in [0.717, 1.165) is 45.4 Å². The van der Waals surface area contributed by atoms with Crippen LogP contribution in [0.2, 0.25) is 0 Å². The van der Waals surface area contributed by atoms with Crippen LogP contribution in [0.5, 0.6) is 0 Å². The number of nitrogens with zero attached hydrogens (tertiary/aromatic N) is 1. The fourth-order valence-corrected chi connectivity index (χ4v) is 8.65. The van der Waals surface area contributed by atoms with Gasteiger partial charge in [0, 0.05) is 53.9 Å². The number of hydrogen-bond donors (Lipinski definition) is 0. The van der Waals surface area contributed by atoms with E-state index in [1.165, 1.54) is 48.0 Å². The van der Waals surface area contributed by atoms with Crippen LogP contribution in [0.25, 0.3) is 64.4 Å². The molecule has 2 aromatic heterocycles. The molecule has 1 aliphatic carbocycles. The number of para-hydroxylation sites is 1. The van der Waals surface area contributed by atoms with Gasteiger partial charge in [-0.2, -0.15) is 0 Å². The number of hydrogen-bond acceptors (Lipinski definition) is 3. The Bertz CT molecular complexity index is 2610. The molecular weight excluding hydrogens is 639 g/mol. The maximum atomic E-state index is 6.09. The maximum absolute atomic E-state index is 6.09. The molecule has 1 atom stereocenters. The monoisotopic (exact) mass is 671 g/mol. The molecule has 1 aliphatic rings. The van der Waals surface area contributed by atoms with Crippen LogP contribution in [0.1, 0.15) is 17.9 Å². The predicted molar refractivity (Wildman–Crippen MR) is 218 cm³/mol. The lowest BCUT2D eigenvalue weighted by Crippen LogP contribution is -2.10. The predicted octanol–water partition coefficient (Wildman–Crippen LogP) is 14.4. The van der Waals surface area contributed by atoms with Gasteiger partial charge in [-0.25, -0.2) is 0 Å². The van der Waals surface area contributed by atoms with Crippen molar-refractivity contribution in [3.63, 3.8) is 0 Å². The number of anilines is 3. The van der Waals surface area contributed by atoms with Gasteiger partial charge in [-0.1, -0.05) is 109 Å². The van der Waals surface area contributed by atoms with Gasteiger partial charge in [-0.3, -0.25) is 0 Å². The number of furan rings is 1. The summed E-state index contributed by atoms with van der Waals surface area (Å²) in [6.07, 6.45) is 9.87. The van der Waals surface area contributed by atoms with Crippen LogP contribution in [0.15, 0.2) is 186 Å². The van der Waals surface area contributed by atoms with Gasteiger partial charge in [-0.15, -0.1) is 11.3 Å². The van der Waals surface area contributed by atoms with E-state index in [1.54, 1.807) is 0 Å². The average Bonchev–Trinajstić information content (AvgIpc) is 3.77. The molecule has 0 N–H and O–H groups in total. The molecule has 1 unspecified atom stereocenters. The molecule has 2 heterocycles. The van der Waals surface area contributed by atoms with Crippen LogP contribution in [0.3, 0.4) is 0 Å². The number of fused-ring (bicyclic) bond motifs is 6. The Morgan fingerprint density at radius 3 is 1.75 bits per heavy atom. The summed E-state index contributed by atoms with van der Waals surface area (Å²) in [7, 11) is 0. The molecule has 0 aliphatic heterocycles. The van der Waals surface area contributed by atoms with Crippen LogP contribution in [-0.4, -0.2) is 0 Å². The van der Waals surface area contributed by atoms with Gasteiger partial charge in [0.05, 0.1) is 0 Å². The number of thiophene rings is 1. The van der Waals surface area contributed by atoms with E-state index >= 15 is 0 Å². The second kappa shape index (κ2) is 12.3. The molecule has 2 nitrogen and oxygen atoms in total. The molecule has 7 aromatic carbocycles. The first-order valence-corrected chi connectivity index (χ1v) is 18.3. The highest BCUT2D eigenvalue weighted by molar-refractivity contribution is 7.25. The second-order valence-electron chi connectivity index (χ2n) is 13.3. The van der Waals surface area contributed by atoms with Crippen molar-refractivity contribution in [2.24, 2.45) is 0 Å². The van der Waals surface area contributed by atoms with Gasteiger partial charge in [0.25, 0.3) is 0 Å². The fourth-order valence-electron chi connectivity index (χ4n) is 7.56. The Labute approximate surface area is 300 Å². The first-order valence-electron chi connectivity index (χ1n) is 17.5. The van der Waals surface area contributed by atoms with Crippen LogP contribution in [-0.2, 0) is 0 Å². The summed E-state index contributed by atoms with van der Waals surface area (Å²) >= 11 is 1.86. The third kappa shape index (κ3) is 5.34. The molecule has 3 heteroatoms. The Kier molecular flexibility index (Phi) is 7.18. The molecule has 0 saturated heterocycles. The van der Waals surface area contributed by atoms with E-state index in [9.17, 15) is 0 Å². The summed E-state index contributed by atoms with van der Waals surface area (Å²) in [6.45, 7) is 0. The summed E-state index contributed by atoms with van der Waals surface area (Å²) in [5.74, 6) is 0.415. The van der Waals surface area contributed by atoms with Crippen LogP contribution in [0, 0.1) is 0 Å². The summed E-state index contributed by atoms with van der Waals surface area (Å²) in [4.78, 5) is 2.36. The Hall–Kier alpha value is -6.16. The minimum absolute atomic E-state index is 0.415. The topological polar surface area (TPSA) is 16.4 Å². The van der Waals surface area contributed by atoms with Crippen molar-refractivity contribution in [2.75, 3.05) is 4.90 Å². The van der Waals surface area contributed by atoms with Gasteiger partial charge in [-0.05, 0) is 107 Å². The summed E-state index contributed by atoms with van der Waals surface area (Å²) < 4.78 is 8.75. The first kappa shape index (κ1) is 29.7. The highest BCUT2D eigenvalue weighted by atomic mass is 32.1. The summed E-state index contributed by atoms with van der Waals surface area (Å²) in [6, 6.07) is 57.3. The average molecular weight is 672 g/mol. The lowest BCUT2D eigenvalue weighted by molar-refractivity contribution is 0.669. The van der Waals surface area contributed by atoms with Gasteiger partial charge in [0.15, 0.2) is 0 Å². The Morgan fingerprint density at radius 1 is 0.471 bits per heavy atom. The van der Waals surface area contributed by atoms with Gasteiger partial charge < -0.3 is 9.32 Å². The van der Waals surface area contributed by atoms with Gasteiger partial charge in [0.1, 0.15) is 11.2 Å². The fraction of sp³-hybridized carbons (Fsp3) is 0.0417. The zero-order valence-corrected chi connectivity index (χ0v) is 28.7. The number of rotatable bonds is 6. The van der Waals surface area contributed by atoms with Gasteiger partial charge >= 0.3 is 0 Å². The molecule has 0 spiro atoms. The first-order chi connectivity index (χ1) is 25.2. The van der Waals surface area contributed by atoms with E-state index in [-0.39, 0.29) is 0 Å². The van der Waals surface area contributed by atoms with Crippen LogP contribution in [0.4, 0.5) is 17.1 Å². The van der Waals surface area contributed by atoms with Crippen LogP contribution >= 0.6 is 11.3 Å². The normalized spacial score (nSPS) is 14.2. The molecule has 10 rings (SSSR count). The molecule has 0 bridgehead atoms. The standard InChI is InChI=1S/C48H33NOS/c1-2-8-32(9-3-1)33-14-22-38(23-15-33)49(39-24-16-34(17-25-39)36-20-28-46-43(30-36)41-10-4-6-12-45(41)50-46)40-26-18-35(19-27-40)37-21-29-48-44(31-37)42-11-5-7-13-47(42)51-48/h1-8,10-32H,9H2. The largest absolute Gasteiger partial charge is 0.456 e. The SMILES string of the molecule is C1=CCC(c2ccc(N(c3ccc(-c4ccc5oc6ccccc6c5c4)cc3)c3ccc(-c4ccc5sc6ccccc6c5c4)cc3)cc2)C=C1. The molecule has 51 heavy (non-hydrogen) atoms. The third-order valence-corrected chi connectivity index (χ3v) is 11.4. The van der Waals surface area contributed by atoms with Crippen molar-refractivity contribution in [1.29, 1.82) is 0 Å². The van der Waals surface area contributed by atoms with Crippen molar-refractivity contribution in [2.45, 2.75) is 12.3 Å². The smallest absolute Gasteiger partial charge is 0.135 e. The molecular formula is C48H33NOS. The Morgan fingerprint density at radius 2 is 1.04 bits per heavy atom. The minimum Gasteiger partial charge on any atom is -0.456 e. The summed E-state index contributed by atoms with van der Waals surface area (Å²) in [5.41, 5.74) is 11.3. The maximum Gasteiger partial charge on any atom is 0.135 e. The molecule has 0 amide bonds. The zero-order chi connectivity index (χ0) is 33.7. The van der Waals surface area contributed by atoms with Crippen molar-refractivity contribution < 1.29 is 4.42 Å². The van der Waals surface area contributed by atoms with Crippen LogP contribution < -0.4 is 4.90 Å². The highest BCUT2D eigenvalue weighted by Crippen LogP contribution is 2.40. The van der Waals surface area contributed by atoms with Crippen molar-refractivity contribution >= 4 is 70.5 Å². The lowest BCUT2D eigenvalue weighted by Gasteiger charge is -2.26. The quantitative estimate of drug-likeness (QED) is 0.175. The zero-order valence-electron chi connectivity index (χ0n) is 27.9. The van der Waals surface area contributed by atoms with E-state index in [1.807, 2.05) is 23.5 Å². The van der Waals surface area contributed by atoms with Crippen molar-refractivity contribution in [1.82, 2.24) is 0 Å². The molecule has 242 valence electrons.